The molecular weight excluding hydrogens is 317 g/mol. The van der Waals surface area contributed by atoms with Crippen molar-refractivity contribution in [2.24, 2.45) is 5.92 Å². The number of rotatable bonds is 5. The standard InChI is InChI=1S/C14H19ClFNO3S/c1-9(2)5-6-17(4)14(18)11-7-12(16)10(3)13(8-11)21(15,19)20/h7-9H,5-6H2,1-4H3. The number of halogens is 2. The van der Waals surface area contributed by atoms with Crippen LogP contribution in [0.1, 0.15) is 36.2 Å². The van der Waals surface area contributed by atoms with Gasteiger partial charge in [-0.25, -0.2) is 12.8 Å². The van der Waals surface area contributed by atoms with Crippen molar-refractivity contribution in [3.8, 4) is 0 Å². The molecule has 7 heteroatoms. The van der Waals surface area contributed by atoms with Crippen LogP contribution in [0.25, 0.3) is 0 Å². The van der Waals surface area contributed by atoms with Gasteiger partial charge in [-0.2, -0.15) is 0 Å². The average Bonchev–Trinajstić information content (AvgIpc) is 2.36. The van der Waals surface area contributed by atoms with Crippen LogP contribution in [0.2, 0.25) is 0 Å². The van der Waals surface area contributed by atoms with Gasteiger partial charge in [0, 0.05) is 35.4 Å². The summed E-state index contributed by atoms with van der Waals surface area (Å²) in [5.41, 5.74) is -0.116. The molecule has 1 rings (SSSR count). The van der Waals surface area contributed by atoms with E-state index in [1.54, 1.807) is 7.05 Å². The second kappa shape index (κ2) is 6.75. The lowest BCUT2D eigenvalue weighted by molar-refractivity contribution is 0.0788. The van der Waals surface area contributed by atoms with E-state index in [4.69, 9.17) is 10.7 Å². The molecule has 0 bridgehead atoms. The number of nitrogens with zero attached hydrogens (tertiary/aromatic N) is 1. The average molecular weight is 336 g/mol. The van der Waals surface area contributed by atoms with Gasteiger partial charge in [0.25, 0.3) is 15.0 Å². The Morgan fingerprint density at radius 1 is 1.38 bits per heavy atom. The zero-order chi connectivity index (χ0) is 16.4. The third-order valence-corrected chi connectivity index (χ3v) is 4.64. The Morgan fingerprint density at radius 3 is 2.43 bits per heavy atom. The second-order valence-corrected chi connectivity index (χ2v) is 7.96. The maximum atomic E-state index is 13.8. The molecule has 0 fully saturated rings. The maximum absolute atomic E-state index is 13.8. The Morgan fingerprint density at radius 2 is 1.95 bits per heavy atom. The van der Waals surface area contributed by atoms with E-state index in [9.17, 15) is 17.6 Å². The number of benzene rings is 1. The zero-order valence-corrected chi connectivity index (χ0v) is 14.1. The Bertz CT molecular complexity index is 644. The molecule has 0 spiro atoms. The molecule has 0 radical (unpaired) electrons. The van der Waals surface area contributed by atoms with Gasteiger partial charge in [-0.3, -0.25) is 4.79 Å². The number of carbonyl (C=O) groups excluding carboxylic acids is 1. The van der Waals surface area contributed by atoms with Gasteiger partial charge in [0.1, 0.15) is 5.82 Å². The minimum Gasteiger partial charge on any atom is -0.342 e. The summed E-state index contributed by atoms with van der Waals surface area (Å²) in [6.07, 6.45) is 0.803. The highest BCUT2D eigenvalue weighted by Gasteiger charge is 2.21. The second-order valence-electron chi connectivity index (χ2n) is 5.43. The molecule has 1 aromatic carbocycles. The molecule has 0 saturated heterocycles. The van der Waals surface area contributed by atoms with Gasteiger partial charge < -0.3 is 4.90 Å². The first-order chi connectivity index (χ1) is 9.54. The Balaban J connectivity index is 3.14. The van der Waals surface area contributed by atoms with Crippen molar-refractivity contribution in [3.63, 3.8) is 0 Å². The number of amides is 1. The molecule has 0 N–H and O–H groups in total. The van der Waals surface area contributed by atoms with E-state index in [1.165, 1.54) is 11.8 Å². The topological polar surface area (TPSA) is 54.5 Å². The van der Waals surface area contributed by atoms with Crippen molar-refractivity contribution >= 4 is 25.6 Å². The Hall–Kier alpha value is -1.14. The van der Waals surface area contributed by atoms with E-state index in [1.807, 2.05) is 13.8 Å². The summed E-state index contributed by atoms with van der Waals surface area (Å²) in [7, 11) is 2.77. The molecule has 1 aromatic rings. The highest BCUT2D eigenvalue weighted by atomic mass is 35.7. The fourth-order valence-corrected chi connectivity index (χ4v) is 3.02. The minimum atomic E-state index is -4.10. The van der Waals surface area contributed by atoms with Crippen LogP contribution in [0.3, 0.4) is 0 Å². The monoisotopic (exact) mass is 335 g/mol. The van der Waals surface area contributed by atoms with Gasteiger partial charge in [-0.15, -0.1) is 0 Å². The SMILES string of the molecule is Cc1c(F)cc(C(=O)N(C)CCC(C)C)cc1S(=O)(=O)Cl. The van der Waals surface area contributed by atoms with Crippen LogP contribution >= 0.6 is 10.7 Å². The lowest BCUT2D eigenvalue weighted by atomic mass is 10.1. The van der Waals surface area contributed by atoms with Crippen LogP contribution in [-0.2, 0) is 9.05 Å². The van der Waals surface area contributed by atoms with E-state index < -0.39 is 20.8 Å². The van der Waals surface area contributed by atoms with E-state index in [0.29, 0.717) is 12.5 Å². The van der Waals surface area contributed by atoms with Gasteiger partial charge in [-0.1, -0.05) is 13.8 Å². The molecule has 0 aliphatic carbocycles. The van der Waals surface area contributed by atoms with Gasteiger partial charge in [0.2, 0.25) is 0 Å². The zero-order valence-electron chi connectivity index (χ0n) is 12.5. The van der Waals surface area contributed by atoms with Crippen molar-refractivity contribution < 1.29 is 17.6 Å². The third kappa shape index (κ3) is 4.68. The highest BCUT2D eigenvalue weighted by Crippen LogP contribution is 2.24. The molecule has 0 aliphatic rings. The van der Waals surface area contributed by atoms with Gasteiger partial charge >= 0.3 is 0 Å². The molecule has 0 heterocycles. The summed E-state index contributed by atoms with van der Waals surface area (Å²) in [5, 5.41) is 0. The first-order valence-corrected chi connectivity index (χ1v) is 8.85. The lowest BCUT2D eigenvalue weighted by Gasteiger charge is -2.19. The smallest absolute Gasteiger partial charge is 0.261 e. The van der Waals surface area contributed by atoms with E-state index in [0.717, 1.165) is 18.6 Å². The van der Waals surface area contributed by atoms with E-state index >= 15 is 0 Å². The quantitative estimate of drug-likeness (QED) is 0.776. The van der Waals surface area contributed by atoms with Gasteiger partial charge in [-0.05, 0) is 31.4 Å². The molecule has 118 valence electrons. The van der Waals surface area contributed by atoms with Crippen molar-refractivity contribution in [3.05, 3.63) is 29.1 Å². The Labute approximate surface area is 129 Å². The summed E-state index contributed by atoms with van der Waals surface area (Å²) in [6, 6.07) is 2.16. The number of carbonyl (C=O) groups is 1. The third-order valence-electron chi connectivity index (χ3n) is 3.19. The first-order valence-electron chi connectivity index (χ1n) is 6.54. The predicted molar refractivity (Wildman–Crippen MR) is 80.6 cm³/mol. The fraction of sp³-hybridized carbons (Fsp3) is 0.500. The van der Waals surface area contributed by atoms with Crippen LogP contribution in [0.15, 0.2) is 17.0 Å². The largest absolute Gasteiger partial charge is 0.342 e. The molecule has 4 nitrogen and oxygen atoms in total. The molecule has 1 amide bonds. The molecule has 0 unspecified atom stereocenters. The molecular formula is C14H19ClFNO3S. The normalized spacial score (nSPS) is 11.8. The van der Waals surface area contributed by atoms with E-state index in [-0.39, 0.29) is 16.0 Å². The van der Waals surface area contributed by atoms with Crippen LogP contribution in [0, 0.1) is 18.7 Å². The molecule has 0 atom stereocenters. The maximum Gasteiger partial charge on any atom is 0.261 e. The number of hydrogen-bond donors (Lipinski definition) is 0. The van der Waals surface area contributed by atoms with Crippen LogP contribution in [0.5, 0.6) is 0 Å². The fourth-order valence-electron chi connectivity index (χ4n) is 1.80. The minimum absolute atomic E-state index is 0.0245. The molecule has 0 saturated carbocycles. The van der Waals surface area contributed by atoms with Crippen LogP contribution in [-0.4, -0.2) is 32.8 Å². The summed E-state index contributed by atoms with van der Waals surface area (Å²) in [5.74, 6) is -0.776. The predicted octanol–water partition coefficient (Wildman–Crippen LogP) is 3.18. The van der Waals surface area contributed by atoms with Crippen LogP contribution < -0.4 is 0 Å². The molecule has 0 aliphatic heterocycles. The summed E-state index contributed by atoms with van der Waals surface area (Å²) in [6.45, 7) is 5.88. The molecule has 21 heavy (non-hydrogen) atoms. The van der Waals surface area contributed by atoms with Crippen molar-refractivity contribution in [1.82, 2.24) is 4.90 Å². The van der Waals surface area contributed by atoms with Crippen molar-refractivity contribution in [2.75, 3.05) is 13.6 Å². The van der Waals surface area contributed by atoms with Crippen molar-refractivity contribution in [2.45, 2.75) is 32.1 Å². The van der Waals surface area contributed by atoms with Crippen molar-refractivity contribution in [1.29, 1.82) is 0 Å². The lowest BCUT2D eigenvalue weighted by Crippen LogP contribution is -2.28. The first kappa shape index (κ1) is 17.9. The summed E-state index contributed by atoms with van der Waals surface area (Å²) >= 11 is 0. The van der Waals surface area contributed by atoms with Gasteiger partial charge in [0.05, 0.1) is 4.90 Å². The number of hydrogen-bond acceptors (Lipinski definition) is 3. The Kier molecular flexibility index (Phi) is 5.75. The van der Waals surface area contributed by atoms with Crippen LogP contribution in [0.4, 0.5) is 4.39 Å². The van der Waals surface area contributed by atoms with Gasteiger partial charge in [0.15, 0.2) is 0 Å². The van der Waals surface area contributed by atoms with E-state index in [2.05, 4.69) is 0 Å². The summed E-state index contributed by atoms with van der Waals surface area (Å²) < 4.78 is 36.7. The molecule has 0 aromatic heterocycles. The highest BCUT2D eigenvalue weighted by molar-refractivity contribution is 8.13. The summed E-state index contributed by atoms with van der Waals surface area (Å²) in [4.78, 5) is 13.3.